The van der Waals surface area contributed by atoms with Gasteiger partial charge in [0, 0.05) is 33.2 Å². The number of nitrogens with one attached hydrogen (secondary N) is 2. The molecule has 0 atom stereocenters. The fourth-order valence-corrected chi connectivity index (χ4v) is 8.03. The Morgan fingerprint density at radius 2 is 0.736 bits per heavy atom. The second kappa shape index (κ2) is 15.8. The molecule has 3 aromatic heterocycles. The molecule has 17 heteroatoms. The van der Waals surface area contributed by atoms with Gasteiger partial charge in [0.05, 0.1) is 31.0 Å². The molecule has 0 spiro atoms. The Labute approximate surface area is 315 Å². The summed E-state index contributed by atoms with van der Waals surface area (Å²) in [5.74, 6) is 0. The molecular formula is C36H42FeN8O8+2. The Kier molecular flexibility index (Phi) is 12.0. The Hall–Kier alpha value is -5.28. The van der Waals surface area contributed by atoms with E-state index in [0.29, 0.717) is 55.1 Å². The average Bonchev–Trinajstić information content (AvgIpc) is 3.86. The van der Waals surface area contributed by atoms with Crippen LogP contribution in [0.1, 0.15) is 124 Å². The minimum absolute atomic E-state index is 0. The summed E-state index contributed by atoms with van der Waals surface area (Å²) in [7, 11) is 0. The van der Waals surface area contributed by atoms with Gasteiger partial charge in [-0.2, -0.15) is 0 Å². The van der Waals surface area contributed by atoms with Crippen molar-refractivity contribution in [3.05, 3.63) is 102 Å². The number of H-pyrrole nitrogens is 2. The van der Waals surface area contributed by atoms with E-state index in [0.717, 1.165) is 38.9 Å². The maximum Gasteiger partial charge on any atom is 2.00 e. The summed E-state index contributed by atoms with van der Waals surface area (Å²) in [6, 6.07) is 0. The fraction of sp³-hybridized carbons (Fsp3) is 0.444. The Balaban J connectivity index is 0.00000627. The van der Waals surface area contributed by atoms with Gasteiger partial charge in [-0.05, 0) is 79.2 Å². The number of hydrogen-bond donors (Lipinski definition) is 2. The predicted molar refractivity (Wildman–Crippen MR) is 198 cm³/mol. The first-order valence-corrected chi connectivity index (χ1v) is 17.7. The number of fused-ring (bicyclic) bond motifs is 8. The van der Waals surface area contributed by atoms with E-state index >= 15 is 0 Å². The number of nitrogens with zero attached hydrogens (tertiary/aromatic N) is 6. The van der Waals surface area contributed by atoms with Gasteiger partial charge in [0.25, 0.3) is 0 Å². The Morgan fingerprint density at radius 1 is 0.415 bits per heavy atom. The van der Waals surface area contributed by atoms with Gasteiger partial charge < -0.3 is 9.97 Å². The van der Waals surface area contributed by atoms with Crippen molar-refractivity contribution in [1.29, 1.82) is 0 Å². The Bertz CT molecular complexity index is 2320. The molecule has 53 heavy (non-hydrogen) atoms. The molecular weight excluding hydrogens is 728 g/mol. The molecule has 2 aliphatic heterocycles. The van der Waals surface area contributed by atoms with Gasteiger partial charge in [-0.3, -0.25) is 40.5 Å². The molecule has 0 amide bonds. The maximum atomic E-state index is 13.0. The molecule has 0 saturated heterocycles. The van der Waals surface area contributed by atoms with Crippen LogP contribution in [-0.4, -0.2) is 39.6 Å². The van der Waals surface area contributed by atoms with Crippen molar-refractivity contribution in [3.63, 3.8) is 0 Å². The summed E-state index contributed by atoms with van der Waals surface area (Å²) in [5, 5.41) is 51.3. The molecule has 0 radical (unpaired) electrons. The number of aromatic amines is 2. The number of rotatable bonds is 12. The second-order valence-corrected chi connectivity index (χ2v) is 12.4. The summed E-state index contributed by atoms with van der Waals surface area (Å²) in [4.78, 5) is 63.6. The normalized spacial score (nSPS) is 12.7. The number of allylic oxidation sites excluding steroid dienone is 1. The number of aromatic nitrogens is 4. The third-order valence-electron chi connectivity index (χ3n) is 10.1. The molecule has 16 nitrogen and oxygen atoms in total. The summed E-state index contributed by atoms with van der Waals surface area (Å²) in [5.41, 5.74) is 2.61. The van der Waals surface area contributed by atoms with Gasteiger partial charge in [-0.25, -0.2) is 9.97 Å². The quantitative estimate of drug-likeness (QED) is 0.102. The van der Waals surface area contributed by atoms with Crippen molar-refractivity contribution < 1.29 is 36.8 Å². The van der Waals surface area contributed by atoms with Gasteiger partial charge in [0.15, 0.2) is 5.69 Å². The van der Waals surface area contributed by atoms with E-state index in [2.05, 4.69) is 26.9 Å². The van der Waals surface area contributed by atoms with E-state index in [1.54, 1.807) is 13.8 Å². The van der Waals surface area contributed by atoms with Crippen LogP contribution in [0.15, 0.2) is 0 Å². The summed E-state index contributed by atoms with van der Waals surface area (Å²) in [6.07, 6.45) is 3.45. The maximum absolute atomic E-state index is 13.0. The monoisotopic (exact) mass is 770 g/mol. The van der Waals surface area contributed by atoms with E-state index in [1.165, 1.54) is 0 Å². The molecule has 0 unspecified atom stereocenters. The molecule has 5 heterocycles. The minimum Gasteiger partial charge on any atom is -0.354 e. The minimum atomic E-state index is -1.23. The van der Waals surface area contributed by atoms with Crippen LogP contribution >= 0.6 is 0 Å². The van der Waals surface area contributed by atoms with Crippen LogP contribution in [0.25, 0.3) is 44.7 Å². The molecule has 8 bridgehead atoms. The van der Waals surface area contributed by atoms with Crippen molar-refractivity contribution >= 4 is 50.4 Å². The summed E-state index contributed by atoms with van der Waals surface area (Å²) in [6.45, 7) is 15.3. The molecule has 2 N–H and O–H groups in total. The zero-order valence-electron chi connectivity index (χ0n) is 31.0. The first-order chi connectivity index (χ1) is 24.8. The zero-order valence-corrected chi connectivity index (χ0v) is 32.1. The van der Waals surface area contributed by atoms with E-state index in [1.807, 2.05) is 34.6 Å². The van der Waals surface area contributed by atoms with Crippen molar-refractivity contribution in [2.24, 2.45) is 0 Å². The van der Waals surface area contributed by atoms with Crippen LogP contribution in [-0.2, 0) is 62.0 Å². The standard InChI is InChI=1S/C36H42N8O8.Fe/c1-9-17-18(10-2)27-22(14-6)29-24(16-8)33(41(45)46)31(39-29)34(42(47)48)32-36(44(51)52)35(43(49)50)30(40-32)23(15-7)28-20(12-4)19(11-3)26(38-28)21(13-5)25(17)37-27;/h37-38H,9-16H2,1-8H3;/q;+2. The van der Waals surface area contributed by atoms with Gasteiger partial charge in [-0.15, -0.1) is 0 Å². The topological polar surface area (TPSA) is 230 Å². The third kappa shape index (κ3) is 6.20. The molecule has 0 aromatic carbocycles. The number of aryl methyl sites for hydroxylation is 7. The first kappa shape index (κ1) is 40.5. The molecule has 0 saturated carbocycles. The van der Waals surface area contributed by atoms with E-state index in [-0.39, 0.29) is 46.7 Å². The van der Waals surface area contributed by atoms with Crippen LogP contribution in [0.4, 0.5) is 5.69 Å². The van der Waals surface area contributed by atoms with Crippen molar-refractivity contribution in [3.8, 4) is 0 Å². The smallest absolute Gasteiger partial charge is 0.354 e. The van der Waals surface area contributed by atoms with Crippen LogP contribution < -0.4 is 0 Å². The van der Waals surface area contributed by atoms with Crippen LogP contribution in [0, 0.1) is 40.5 Å². The molecule has 0 fully saturated rings. The van der Waals surface area contributed by atoms with E-state index in [9.17, 15) is 40.5 Å². The van der Waals surface area contributed by atoms with Crippen molar-refractivity contribution in [1.82, 2.24) is 19.9 Å². The van der Waals surface area contributed by atoms with E-state index in [4.69, 9.17) is 0 Å². The first-order valence-electron chi connectivity index (χ1n) is 17.7. The fourth-order valence-electron chi connectivity index (χ4n) is 8.03. The van der Waals surface area contributed by atoms with E-state index < -0.39 is 59.6 Å². The average molecular weight is 771 g/mol. The molecule has 280 valence electrons. The van der Waals surface area contributed by atoms with Gasteiger partial charge in [0.1, 0.15) is 0 Å². The summed E-state index contributed by atoms with van der Waals surface area (Å²) >= 11 is 0. The number of hydrogen-bond acceptors (Lipinski definition) is 10. The van der Waals surface area contributed by atoms with Crippen LogP contribution in [0.5, 0.6) is 0 Å². The molecule has 2 aliphatic rings. The van der Waals surface area contributed by atoms with Crippen LogP contribution in [0.3, 0.4) is 0 Å². The zero-order chi connectivity index (χ0) is 38.3. The van der Waals surface area contributed by atoms with Gasteiger partial charge >= 0.3 is 39.8 Å². The second-order valence-electron chi connectivity index (χ2n) is 12.4. The molecule has 0 aliphatic carbocycles. The van der Waals surface area contributed by atoms with Gasteiger partial charge in [-0.1, -0.05) is 55.4 Å². The third-order valence-corrected chi connectivity index (χ3v) is 10.1. The molecule has 3 aromatic rings. The number of nitro groups is 4. The van der Waals surface area contributed by atoms with Gasteiger partial charge in [0.2, 0.25) is 11.4 Å². The predicted octanol–water partition coefficient (Wildman–Crippen LogP) is 8.09. The summed E-state index contributed by atoms with van der Waals surface area (Å²) < 4.78 is 0. The van der Waals surface area contributed by atoms with Crippen molar-refractivity contribution in [2.75, 3.05) is 0 Å². The SMILES string of the molecule is CCC1=C([N+](=O)[O-])c2nc1c(CC)c1[nH]c(c(CC)c1CC)c(CC)c1[nH]c(c(CC)c3nc(c2[N+](=O)[O-])C([N+](=O)[O-])=C3[N+](=O)[O-])c(CC)c1CC.[Fe+2]. The largest absolute Gasteiger partial charge is 2.00 e. The van der Waals surface area contributed by atoms with Crippen LogP contribution in [0.2, 0.25) is 0 Å². The Morgan fingerprint density at radius 3 is 1.08 bits per heavy atom. The van der Waals surface area contributed by atoms with Crippen molar-refractivity contribution in [2.45, 2.75) is 107 Å². The molecule has 5 rings (SSSR count).